The molecule has 2 atom stereocenters. The summed E-state index contributed by atoms with van der Waals surface area (Å²) in [6, 6.07) is 5.72. The highest BCUT2D eigenvalue weighted by atomic mass is 32.2. The van der Waals surface area contributed by atoms with Crippen LogP contribution in [0.2, 0.25) is 0 Å². The lowest BCUT2D eigenvalue weighted by molar-refractivity contribution is 0.322. The van der Waals surface area contributed by atoms with Crippen molar-refractivity contribution in [3.8, 4) is 0 Å². The molecule has 0 bridgehead atoms. The number of nitrogens with one attached hydrogen (secondary N) is 1. The van der Waals surface area contributed by atoms with Crippen LogP contribution in [0.5, 0.6) is 0 Å². The summed E-state index contributed by atoms with van der Waals surface area (Å²) in [7, 11) is -3.42. The summed E-state index contributed by atoms with van der Waals surface area (Å²) in [6.07, 6.45) is 4.12. The molecule has 1 saturated carbocycles. The minimum atomic E-state index is -3.42. The minimum Gasteiger partial charge on any atom is -0.328 e. The van der Waals surface area contributed by atoms with E-state index in [0.29, 0.717) is 17.4 Å². The van der Waals surface area contributed by atoms with Crippen molar-refractivity contribution in [1.29, 1.82) is 0 Å². The molecule has 20 heavy (non-hydrogen) atoms. The molecule has 5 heteroatoms. The lowest BCUT2D eigenvalue weighted by atomic mass is 9.86. The number of hydrogen-bond acceptors (Lipinski definition) is 3. The first kappa shape index (κ1) is 15.5. The predicted octanol–water partition coefficient (Wildman–Crippen LogP) is 2.10. The van der Waals surface area contributed by atoms with Crippen LogP contribution < -0.4 is 10.5 Å². The van der Waals surface area contributed by atoms with E-state index < -0.39 is 10.0 Å². The van der Waals surface area contributed by atoms with Gasteiger partial charge in [0, 0.05) is 12.6 Å². The first-order valence-electron chi connectivity index (χ1n) is 7.21. The Morgan fingerprint density at radius 1 is 1.30 bits per heavy atom. The molecular formula is C15H24N2O2S. The maximum Gasteiger partial charge on any atom is 0.240 e. The van der Waals surface area contributed by atoms with Gasteiger partial charge < -0.3 is 5.73 Å². The highest BCUT2D eigenvalue weighted by Gasteiger charge is 2.22. The first-order chi connectivity index (χ1) is 9.38. The van der Waals surface area contributed by atoms with E-state index in [-0.39, 0.29) is 6.04 Å². The van der Waals surface area contributed by atoms with Crippen molar-refractivity contribution in [2.45, 2.75) is 50.5 Å². The number of sulfonamides is 1. The van der Waals surface area contributed by atoms with Crippen LogP contribution in [0.1, 0.15) is 36.8 Å². The summed E-state index contributed by atoms with van der Waals surface area (Å²) in [6.45, 7) is 4.21. The molecule has 0 spiro atoms. The standard InChI is InChI=1S/C15H24N2O2S/c1-11-6-7-12(2)15(8-11)20(18,19)17-10-13-4-3-5-14(16)9-13/h6-8,13-14,17H,3-5,9-10,16H2,1-2H3. The van der Waals surface area contributed by atoms with Crippen molar-refractivity contribution in [2.75, 3.05) is 6.54 Å². The third-order valence-corrected chi connectivity index (χ3v) is 5.58. The zero-order valence-electron chi connectivity index (χ0n) is 12.2. The van der Waals surface area contributed by atoms with Crippen molar-refractivity contribution in [3.05, 3.63) is 29.3 Å². The number of nitrogens with two attached hydrogens (primary N) is 1. The van der Waals surface area contributed by atoms with Gasteiger partial charge in [0.15, 0.2) is 0 Å². The van der Waals surface area contributed by atoms with Gasteiger partial charge in [0.25, 0.3) is 0 Å². The largest absolute Gasteiger partial charge is 0.328 e. The van der Waals surface area contributed by atoms with Gasteiger partial charge in [-0.05, 0) is 56.2 Å². The molecule has 2 unspecified atom stereocenters. The monoisotopic (exact) mass is 296 g/mol. The molecule has 0 aromatic heterocycles. The summed E-state index contributed by atoms with van der Waals surface area (Å²) in [5, 5.41) is 0. The van der Waals surface area contributed by atoms with Gasteiger partial charge in [0.05, 0.1) is 4.90 Å². The Morgan fingerprint density at radius 3 is 2.75 bits per heavy atom. The van der Waals surface area contributed by atoms with Crippen LogP contribution >= 0.6 is 0 Å². The summed E-state index contributed by atoms with van der Waals surface area (Å²) in [4.78, 5) is 0.387. The highest BCUT2D eigenvalue weighted by molar-refractivity contribution is 7.89. The third-order valence-electron chi connectivity index (χ3n) is 4.02. The van der Waals surface area contributed by atoms with Gasteiger partial charge in [-0.2, -0.15) is 0 Å². The lowest BCUT2D eigenvalue weighted by Gasteiger charge is -2.26. The number of rotatable bonds is 4. The topological polar surface area (TPSA) is 72.2 Å². The Hall–Kier alpha value is -0.910. The zero-order chi connectivity index (χ0) is 14.8. The third kappa shape index (κ3) is 3.81. The van der Waals surface area contributed by atoms with Crippen molar-refractivity contribution in [3.63, 3.8) is 0 Å². The molecule has 0 radical (unpaired) electrons. The Morgan fingerprint density at radius 2 is 2.05 bits per heavy atom. The van der Waals surface area contributed by atoms with Gasteiger partial charge >= 0.3 is 0 Å². The van der Waals surface area contributed by atoms with Gasteiger partial charge in [-0.3, -0.25) is 0 Å². The number of hydrogen-bond donors (Lipinski definition) is 2. The molecule has 0 amide bonds. The SMILES string of the molecule is Cc1ccc(C)c(S(=O)(=O)NCC2CCCC(N)C2)c1. The molecule has 1 aliphatic carbocycles. The molecule has 2 rings (SSSR count). The van der Waals surface area contributed by atoms with E-state index in [1.807, 2.05) is 26.0 Å². The molecular weight excluding hydrogens is 272 g/mol. The van der Waals surface area contributed by atoms with Crippen molar-refractivity contribution < 1.29 is 8.42 Å². The van der Waals surface area contributed by atoms with Crippen molar-refractivity contribution in [2.24, 2.45) is 11.7 Å². The van der Waals surface area contributed by atoms with Gasteiger partial charge in [-0.15, -0.1) is 0 Å². The molecule has 4 nitrogen and oxygen atoms in total. The van der Waals surface area contributed by atoms with E-state index in [1.54, 1.807) is 6.07 Å². The second kappa shape index (κ2) is 6.24. The van der Waals surface area contributed by atoms with Crippen LogP contribution in [0.3, 0.4) is 0 Å². The summed E-state index contributed by atoms with van der Waals surface area (Å²) in [5.41, 5.74) is 7.68. The normalized spacial score (nSPS) is 23.8. The number of aryl methyl sites for hydroxylation is 2. The quantitative estimate of drug-likeness (QED) is 0.893. The Balaban J connectivity index is 2.05. The van der Waals surface area contributed by atoms with Crippen molar-refractivity contribution >= 4 is 10.0 Å². The van der Waals surface area contributed by atoms with Crippen LogP contribution in [0.4, 0.5) is 0 Å². The van der Waals surface area contributed by atoms with Crippen LogP contribution in [0.25, 0.3) is 0 Å². The second-order valence-corrected chi connectivity index (χ2v) is 7.65. The van der Waals surface area contributed by atoms with Crippen LogP contribution in [-0.4, -0.2) is 21.0 Å². The summed E-state index contributed by atoms with van der Waals surface area (Å²) in [5.74, 6) is 0.360. The van der Waals surface area contributed by atoms with Crippen LogP contribution in [-0.2, 0) is 10.0 Å². The van der Waals surface area contributed by atoms with Gasteiger partial charge in [-0.1, -0.05) is 18.6 Å². The fourth-order valence-corrected chi connectivity index (χ4v) is 4.26. The molecule has 1 aliphatic rings. The predicted molar refractivity (Wildman–Crippen MR) is 81.0 cm³/mol. The summed E-state index contributed by atoms with van der Waals surface area (Å²) < 4.78 is 27.5. The Labute approximate surface area is 121 Å². The number of benzene rings is 1. The fourth-order valence-electron chi connectivity index (χ4n) is 2.82. The molecule has 1 aromatic carbocycles. The van der Waals surface area contributed by atoms with Crippen LogP contribution in [0.15, 0.2) is 23.1 Å². The van der Waals surface area contributed by atoms with E-state index in [0.717, 1.165) is 36.8 Å². The van der Waals surface area contributed by atoms with E-state index in [9.17, 15) is 8.42 Å². The van der Waals surface area contributed by atoms with E-state index in [2.05, 4.69) is 4.72 Å². The molecule has 1 fully saturated rings. The van der Waals surface area contributed by atoms with Gasteiger partial charge in [0.2, 0.25) is 10.0 Å². The van der Waals surface area contributed by atoms with E-state index in [1.165, 1.54) is 0 Å². The average molecular weight is 296 g/mol. The first-order valence-corrected chi connectivity index (χ1v) is 8.69. The van der Waals surface area contributed by atoms with Gasteiger partial charge in [-0.25, -0.2) is 13.1 Å². The molecule has 0 aliphatic heterocycles. The smallest absolute Gasteiger partial charge is 0.240 e. The molecule has 0 heterocycles. The second-order valence-electron chi connectivity index (χ2n) is 5.91. The minimum absolute atomic E-state index is 0.221. The highest BCUT2D eigenvalue weighted by Crippen LogP contribution is 2.23. The van der Waals surface area contributed by atoms with Crippen LogP contribution in [0, 0.1) is 19.8 Å². The van der Waals surface area contributed by atoms with Crippen molar-refractivity contribution in [1.82, 2.24) is 4.72 Å². The lowest BCUT2D eigenvalue weighted by Crippen LogP contribution is -2.35. The summed E-state index contributed by atoms with van der Waals surface area (Å²) >= 11 is 0. The average Bonchev–Trinajstić information content (AvgIpc) is 2.39. The maximum atomic E-state index is 12.4. The maximum absolute atomic E-state index is 12.4. The van der Waals surface area contributed by atoms with Gasteiger partial charge in [0.1, 0.15) is 0 Å². The van der Waals surface area contributed by atoms with E-state index in [4.69, 9.17) is 5.73 Å². The Bertz CT molecular complexity index is 569. The molecule has 112 valence electrons. The Kier molecular flexibility index (Phi) is 4.83. The molecule has 0 saturated heterocycles. The van der Waals surface area contributed by atoms with E-state index >= 15 is 0 Å². The fraction of sp³-hybridized carbons (Fsp3) is 0.600. The zero-order valence-corrected chi connectivity index (χ0v) is 13.0. The molecule has 3 N–H and O–H groups in total. The molecule has 1 aromatic rings.